The van der Waals surface area contributed by atoms with Gasteiger partial charge >= 0.3 is 0 Å². The van der Waals surface area contributed by atoms with Crippen LogP contribution in [0.4, 0.5) is 0 Å². The van der Waals surface area contributed by atoms with Gasteiger partial charge in [-0.1, -0.05) is 6.07 Å². The van der Waals surface area contributed by atoms with Crippen molar-refractivity contribution in [3.8, 4) is 0 Å². The molecule has 0 saturated heterocycles. The molecule has 7 heteroatoms. The van der Waals surface area contributed by atoms with Crippen molar-refractivity contribution in [2.45, 2.75) is 12.6 Å². The largest absolute Gasteiger partial charge is 0.382 e. The van der Waals surface area contributed by atoms with Crippen LogP contribution in [0.5, 0.6) is 0 Å². The first-order valence-electron chi connectivity index (χ1n) is 7.30. The molecule has 0 aliphatic heterocycles. The Morgan fingerprint density at radius 2 is 2.08 bits per heavy atom. The summed E-state index contributed by atoms with van der Waals surface area (Å²) in [5.74, 6) is -0.398. The van der Waals surface area contributed by atoms with E-state index in [-0.39, 0.29) is 11.1 Å². The minimum atomic E-state index is -0.638. The molecule has 1 atom stereocenters. The van der Waals surface area contributed by atoms with E-state index in [0.29, 0.717) is 6.54 Å². The Labute approximate surface area is 146 Å². The molecular weight excluding hydrogens is 344 g/mol. The van der Waals surface area contributed by atoms with E-state index in [4.69, 9.17) is 0 Å². The number of pyridine rings is 1. The lowest BCUT2D eigenvalue weighted by molar-refractivity contribution is 0.0949. The second-order valence-electron chi connectivity index (χ2n) is 5.24. The number of nitrogens with one attached hydrogen (secondary N) is 1. The molecular formula is C17H16N2O3S2. The number of amides is 1. The molecule has 0 aliphatic carbocycles. The predicted octanol–water partition coefficient (Wildman–Crippen LogP) is 2.52. The van der Waals surface area contributed by atoms with Crippen molar-refractivity contribution in [3.63, 3.8) is 0 Å². The molecule has 0 radical (unpaired) electrons. The van der Waals surface area contributed by atoms with Gasteiger partial charge in [-0.05, 0) is 35.7 Å². The fraction of sp³-hybridized carbons (Fsp3) is 0.176. The topological polar surface area (TPSA) is 71.3 Å². The molecule has 1 amide bonds. The lowest BCUT2D eigenvalue weighted by atomic mass is 10.2. The number of thiophene rings is 2. The molecule has 0 fully saturated rings. The quantitative estimate of drug-likeness (QED) is 0.734. The van der Waals surface area contributed by atoms with Crippen molar-refractivity contribution in [3.05, 3.63) is 78.5 Å². The van der Waals surface area contributed by atoms with Crippen LogP contribution < -0.4 is 10.9 Å². The maximum absolute atomic E-state index is 12.2. The van der Waals surface area contributed by atoms with Crippen molar-refractivity contribution in [1.29, 1.82) is 0 Å². The summed E-state index contributed by atoms with van der Waals surface area (Å²) in [5.41, 5.74) is -0.203. The number of hydrogen-bond donors (Lipinski definition) is 2. The van der Waals surface area contributed by atoms with Gasteiger partial charge < -0.3 is 15.0 Å². The first-order valence-corrected chi connectivity index (χ1v) is 9.00. The molecule has 0 saturated carbocycles. The third-order valence-electron chi connectivity index (χ3n) is 3.56. The van der Waals surface area contributed by atoms with E-state index in [2.05, 4.69) is 5.32 Å². The van der Waals surface area contributed by atoms with Gasteiger partial charge in [0.05, 0.1) is 6.54 Å². The zero-order valence-corrected chi connectivity index (χ0v) is 14.6. The molecule has 3 rings (SSSR count). The minimum absolute atomic E-state index is 0.121. The van der Waals surface area contributed by atoms with E-state index in [9.17, 15) is 14.7 Å². The van der Waals surface area contributed by atoms with Gasteiger partial charge in [0.1, 0.15) is 11.7 Å². The molecule has 3 aromatic heterocycles. The second-order valence-corrected chi connectivity index (χ2v) is 7.42. The zero-order valence-electron chi connectivity index (χ0n) is 12.9. The smallest absolute Gasteiger partial charge is 0.263 e. The standard InChI is InChI=1S/C17H16N2O3S2/c1-19-8-2-4-12(17(19)22)16(21)18-10-11-6-7-14(24-11)15(20)13-5-3-9-23-13/h2-9,15,20H,10H2,1H3,(H,18,21)/t15-/m0/s1. The van der Waals surface area contributed by atoms with E-state index in [1.54, 1.807) is 19.3 Å². The molecule has 5 nitrogen and oxygen atoms in total. The van der Waals surface area contributed by atoms with Crippen molar-refractivity contribution < 1.29 is 9.90 Å². The van der Waals surface area contributed by atoms with Gasteiger partial charge in [-0.15, -0.1) is 22.7 Å². The number of aliphatic hydroxyl groups excluding tert-OH is 1. The first-order chi connectivity index (χ1) is 11.6. The Morgan fingerprint density at radius 1 is 1.25 bits per heavy atom. The van der Waals surface area contributed by atoms with Crippen LogP contribution in [0, 0.1) is 0 Å². The van der Waals surface area contributed by atoms with E-state index < -0.39 is 12.0 Å². The Kier molecular flexibility index (Phi) is 4.94. The highest BCUT2D eigenvalue weighted by molar-refractivity contribution is 7.12. The van der Waals surface area contributed by atoms with Crippen LogP contribution in [-0.4, -0.2) is 15.6 Å². The van der Waals surface area contributed by atoms with Crippen LogP contribution in [0.1, 0.15) is 31.1 Å². The number of hydrogen-bond acceptors (Lipinski definition) is 5. The van der Waals surface area contributed by atoms with Crippen LogP contribution in [0.3, 0.4) is 0 Å². The Morgan fingerprint density at radius 3 is 2.83 bits per heavy atom. The summed E-state index contributed by atoms with van der Waals surface area (Å²) >= 11 is 2.95. The average molecular weight is 360 g/mol. The fourth-order valence-corrected chi connectivity index (χ4v) is 4.02. The van der Waals surface area contributed by atoms with Gasteiger partial charge in [-0.25, -0.2) is 0 Å². The Hall–Kier alpha value is -2.22. The predicted molar refractivity (Wildman–Crippen MR) is 95.6 cm³/mol. The van der Waals surface area contributed by atoms with Crippen LogP contribution in [0.15, 0.2) is 52.8 Å². The molecule has 0 unspecified atom stereocenters. The number of carbonyl (C=O) groups is 1. The molecule has 3 heterocycles. The third-order valence-corrected chi connectivity index (χ3v) is 5.62. The summed E-state index contributed by atoms with van der Waals surface area (Å²) < 4.78 is 1.37. The summed E-state index contributed by atoms with van der Waals surface area (Å²) in [4.78, 5) is 26.7. The maximum Gasteiger partial charge on any atom is 0.263 e. The fourth-order valence-electron chi connectivity index (χ4n) is 2.26. The highest BCUT2D eigenvalue weighted by atomic mass is 32.1. The summed E-state index contributed by atoms with van der Waals surface area (Å²) in [6.45, 7) is 0.318. The second kappa shape index (κ2) is 7.12. The van der Waals surface area contributed by atoms with Crippen LogP contribution in [-0.2, 0) is 13.6 Å². The van der Waals surface area contributed by atoms with Gasteiger partial charge in [-0.3, -0.25) is 9.59 Å². The third kappa shape index (κ3) is 3.48. The lowest BCUT2D eigenvalue weighted by Crippen LogP contribution is -2.31. The van der Waals surface area contributed by atoms with E-state index >= 15 is 0 Å². The highest BCUT2D eigenvalue weighted by Crippen LogP contribution is 2.30. The molecule has 124 valence electrons. The zero-order chi connectivity index (χ0) is 17.1. The molecule has 2 N–H and O–H groups in total. The highest BCUT2D eigenvalue weighted by Gasteiger charge is 2.15. The van der Waals surface area contributed by atoms with Gasteiger partial charge in [0.15, 0.2) is 0 Å². The molecule has 0 aromatic carbocycles. The van der Waals surface area contributed by atoms with E-state index in [1.165, 1.54) is 33.3 Å². The molecule has 0 bridgehead atoms. The SMILES string of the molecule is Cn1cccc(C(=O)NCc2ccc([C@@H](O)c3cccs3)s2)c1=O. The number of carbonyl (C=O) groups excluding carboxylic acids is 1. The molecule has 0 aliphatic rings. The first kappa shape index (κ1) is 16.6. The summed E-state index contributed by atoms with van der Waals surface area (Å²) in [6, 6.07) is 10.7. The lowest BCUT2D eigenvalue weighted by Gasteiger charge is -2.06. The number of aromatic nitrogens is 1. The van der Waals surface area contributed by atoms with Gasteiger partial charge in [0.2, 0.25) is 0 Å². The van der Waals surface area contributed by atoms with Crippen LogP contribution in [0.25, 0.3) is 0 Å². The van der Waals surface area contributed by atoms with E-state index in [1.807, 2.05) is 29.6 Å². The maximum atomic E-state index is 12.2. The van der Waals surface area contributed by atoms with Crippen LogP contribution in [0.2, 0.25) is 0 Å². The number of rotatable bonds is 5. The van der Waals surface area contributed by atoms with Gasteiger partial charge in [0.25, 0.3) is 11.5 Å². The normalized spacial score (nSPS) is 12.1. The summed E-state index contributed by atoms with van der Waals surface area (Å²) in [7, 11) is 1.61. The van der Waals surface area contributed by atoms with Crippen LogP contribution >= 0.6 is 22.7 Å². The van der Waals surface area contributed by atoms with Crippen molar-refractivity contribution >= 4 is 28.6 Å². The Bertz CT molecular complexity index is 897. The van der Waals surface area contributed by atoms with Crippen molar-refractivity contribution in [1.82, 2.24) is 9.88 Å². The van der Waals surface area contributed by atoms with Crippen molar-refractivity contribution in [2.75, 3.05) is 0 Å². The van der Waals surface area contributed by atoms with Gasteiger partial charge in [0, 0.05) is 27.9 Å². The number of nitrogens with zero attached hydrogens (tertiary/aromatic N) is 1. The van der Waals surface area contributed by atoms with Crippen molar-refractivity contribution in [2.24, 2.45) is 7.05 Å². The molecule has 24 heavy (non-hydrogen) atoms. The Balaban J connectivity index is 1.66. The number of aliphatic hydroxyl groups is 1. The monoisotopic (exact) mass is 360 g/mol. The number of aryl methyl sites for hydroxylation is 1. The van der Waals surface area contributed by atoms with E-state index in [0.717, 1.165) is 14.6 Å². The molecule has 0 spiro atoms. The molecule has 3 aromatic rings. The summed E-state index contributed by atoms with van der Waals surface area (Å²) in [5, 5.41) is 15.0. The van der Waals surface area contributed by atoms with Gasteiger partial charge in [-0.2, -0.15) is 0 Å². The minimum Gasteiger partial charge on any atom is -0.382 e. The average Bonchev–Trinajstić information content (AvgIpc) is 3.26. The summed E-state index contributed by atoms with van der Waals surface area (Å²) in [6.07, 6.45) is 0.970.